The predicted octanol–water partition coefficient (Wildman–Crippen LogP) is 4.56. The van der Waals surface area contributed by atoms with Gasteiger partial charge in [-0.3, -0.25) is 4.98 Å². The molecule has 1 heterocycles. The molecule has 0 aliphatic carbocycles. The number of amides is 2. The maximum Gasteiger partial charge on any atom is 0.317 e. The SMILES string of the molecule is CC(c1ccccn1)N(C)C(=O)NCCCOc1ccc(Cl)cc1Cl. The van der Waals surface area contributed by atoms with Crippen molar-refractivity contribution in [2.45, 2.75) is 19.4 Å². The van der Waals surface area contributed by atoms with Gasteiger partial charge in [0.25, 0.3) is 0 Å². The molecule has 7 heteroatoms. The minimum atomic E-state index is -0.150. The summed E-state index contributed by atoms with van der Waals surface area (Å²) >= 11 is 11.9. The molecule has 0 spiro atoms. The summed E-state index contributed by atoms with van der Waals surface area (Å²) < 4.78 is 5.59. The first-order valence-corrected chi connectivity index (χ1v) is 8.74. The van der Waals surface area contributed by atoms with Crippen molar-refractivity contribution in [1.82, 2.24) is 15.2 Å². The summed E-state index contributed by atoms with van der Waals surface area (Å²) in [6.45, 7) is 2.89. The third kappa shape index (κ3) is 5.80. The monoisotopic (exact) mass is 381 g/mol. The molecule has 0 aliphatic rings. The highest BCUT2D eigenvalue weighted by atomic mass is 35.5. The van der Waals surface area contributed by atoms with Gasteiger partial charge >= 0.3 is 6.03 Å². The number of carbonyl (C=O) groups is 1. The van der Waals surface area contributed by atoms with Gasteiger partial charge < -0.3 is 15.0 Å². The molecular formula is C18H21Cl2N3O2. The number of benzene rings is 1. The van der Waals surface area contributed by atoms with Crippen molar-refractivity contribution < 1.29 is 9.53 Å². The van der Waals surface area contributed by atoms with Gasteiger partial charge in [-0.1, -0.05) is 29.3 Å². The standard InChI is InChI=1S/C18H21Cl2N3O2/c1-13(16-6-3-4-9-21-16)23(2)18(24)22-10-5-11-25-17-8-7-14(19)12-15(17)20/h3-4,6-9,12-13H,5,10-11H2,1-2H3,(H,22,24). The number of halogens is 2. The Balaban J connectivity index is 1.71. The number of carbonyl (C=O) groups excluding carboxylic acids is 1. The Morgan fingerprint density at radius 2 is 2.12 bits per heavy atom. The molecule has 1 N–H and O–H groups in total. The van der Waals surface area contributed by atoms with Crippen molar-refractivity contribution in [3.63, 3.8) is 0 Å². The first-order chi connectivity index (χ1) is 12.0. The number of hydrogen-bond acceptors (Lipinski definition) is 3. The van der Waals surface area contributed by atoms with Crippen molar-refractivity contribution in [1.29, 1.82) is 0 Å². The fourth-order valence-corrected chi connectivity index (χ4v) is 2.63. The fraction of sp³-hybridized carbons (Fsp3) is 0.333. The zero-order chi connectivity index (χ0) is 18.2. The maximum atomic E-state index is 12.2. The molecule has 1 aromatic heterocycles. The van der Waals surface area contributed by atoms with Crippen LogP contribution in [0, 0.1) is 0 Å². The highest BCUT2D eigenvalue weighted by Crippen LogP contribution is 2.27. The lowest BCUT2D eigenvalue weighted by molar-refractivity contribution is 0.192. The van der Waals surface area contributed by atoms with Crippen LogP contribution in [0.5, 0.6) is 5.75 Å². The van der Waals surface area contributed by atoms with Crippen LogP contribution in [0.1, 0.15) is 25.1 Å². The molecule has 0 bridgehead atoms. The molecule has 5 nitrogen and oxygen atoms in total. The first kappa shape index (κ1) is 19.3. The average Bonchev–Trinajstić information content (AvgIpc) is 2.62. The van der Waals surface area contributed by atoms with Gasteiger partial charge in [-0.05, 0) is 43.7 Å². The van der Waals surface area contributed by atoms with Gasteiger partial charge in [-0.2, -0.15) is 0 Å². The number of ether oxygens (including phenoxy) is 1. The smallest absolute Gasteiger partial charge is 0.317 e. The lowest BCUT2D eigenvalue weighted by Crippen LogP contribution is -2.39. The minimum absolute atomic E-state index is 0.106. The van der Waals surface area contributed by atoms with Gasteiger partial charge in [0, 0.05) is 24.8 Å². The summed E-state index contributed by atoms with van der Waals surface area (Å²) in [5.41, 5.74) is 0.848. The number of nitrogens with one attached hydrogen (secondary N) is 1. The second-order valence-corrected chi connectivity index (χ2v) is 6.39. The molecule has 2 rings (SSSR count). The lowest BCUT2D eigenvalue weighted by atomic mass is 10.2. The van der Waals surface area contributed by atoms with Crippen LogP contribution in [0.2, 0.25) is 10.0 Å². The van der Waals surface area contributed by atoms with Crippen LogP contribution < -0.4 is 10.1 Å². The van der Waals surface area contributed by atoms with E-state index < -0.39 is 0 Å². The summed E-state index contributed by atoms with van der Waals surface area (Å²) in [7, 11) is 1.75. The highest BCUT2D eigenvalue weighted by molar-refractivity contribution is 6.35. The first-order valence-electron chi connectivity index (χ1n) is 7.98. The molecule has 0 saturated carbocycles. The zero-order valence-corrected chi connectivity index (χ0v) is 15.7. The van der Waals surface area contributed by atoms with E-state index in [0.29, 0.717) is 35.4 Å². The number of urea groups is 1. The van der Waals surface area contributed by atoms with Crippen LogP contribution in [-0.2, 0) is 0 Å². The second-order valence-electron chi connectivity index (χ2n) is 5.55. The Bertz CT molecular complexity index is 698. The average molecular weight is 382 g/mol. The number of hydrogen-bond donors (Lipinski definition) is 1. The van der Waals surface area contributed by atoms with E-state index in [0.717, 1.165) is 5.69 Å². The summed E-state index contributed by atoms with van der Waals surface area (Å²) in [5, 5.41) is 3.91. The van der Waals surface area contributed by atoms with E-state index in [-0.39, 0.29) is 12.1 Å². The molecule has 0 saturated heterocycles. The summed E-state index contributed by atoms with van der Waals surface area (Å²) in [6.07, 6.45) is 2.38. The van der Waals surface area contributed by atoms with Crippen LogP contribution in [0.15, 0.2) is 42.6 Å². The third-order valence-electron chi connectivity index (χ3n) is 3.77. The molecule has 0 aliphatic heterocycles. The van der Waals surface area contributed by atoms with Crippen LogP contribution in [0.25, 0.3) is 0 Å². The van der Waals surface area contributed by atoms with Crippen molar-refractivity contribution >= 4 is 29.2 Å². The molecule has 25 heavy (non-hydrogen) atoms. The van der Waals surface area contributed by atoms with E-state index in [1.54, 1.807) is 36.3 Å². The van der Waals surface area contributed by atoms with E-state index in [1.807, 2.05) is 25.1 Å². The lowest BCUT2D eigenvalue weighted by Gasteiger charge is -2.24. The maximum absolute atomic E-state index is 12.2. The highest BCUT2D eigenvalue weighted by Gasteiger charge is 2.17. The quantitative estimate of drug-likeness (QED) is 0.715. The molecule has 1 unspecified atom stereocenters. The van der Waals surface area contributed by atoms with Crippen LogP contribution in [0.3, 0.4) is 0 Å². The Hall–Kier alpha value is -1.98. The van der Waals surface area contributed by atoms with E-state index in [1.165, 1.54) is 0 Å². The van der Waals surface area contributed by atoms with Crippen LogP contribution in [-0.4, -0.2) is 36.1 Å². The second kappa shape index (κ2) is 9.49. The van der Waals surface area contributed by atoms with Crippen LogP contribution >= 0.6 is 23.2 Å². The number of rotatable bonds is 7. The van der Waals surface area contributed by atoms with Crippen molar-refractivity contribution in [2.24, 2.45) is 0 Å². The molecule has 0 radical (unpaired) electrons. The number of pyridine rings is 1. The number of aromatic nitrogens is 1. The molecule has 2 aromatic rings. The molecule has 2 amide bonds. The van der Waals surface area contributed by atoms with Gasteiger partial charge in [-0.25, -0.2) is 4.79 Å². The zero-order valence-electron chi connectivity index (χ0n) is 14.2. The summed E-state index contributed by atoms with van der Waals surface area (Å²) in [5.74, 6) is 0.582. The normalized spacial score (nSPS) is 11.7. The van der Waals surface area contributed by atoms with Crippen molar-refractivity contribution in [2.75, 3.05) is 20.2 Å². The van der Waals surface area contributed by atoms with Gasteiger partial charge in [0.1, 0.15) is 5.75 Å². The van der Waals surface area contributed by atoms with Gasteiger partial charge in [0.05, 0.1) is 23.4 Å². The molecule has 0 fully saturated rings. The predicted molar refractivity (Wildman–Crippen MR) is 100 cm³/mol. The minimum Gasteiger partial charge on any atom is -0.492 e. The third-order valence-corrected chi connectivity index (χ3v) is 4.30. The van der Waals surface area contributed by atoms with Gasteiger partial charge in [-0.15, -0.1) is 0 Å². The largest absolute Gasteiger partial charge is 0.492 e. The van der Waals surface area contributed by atoms with Crippen molar-refractivity contribution in [3.05, 3.63) is 58.3 Å². The molecular weight excluding hydrogens is 361 g/mol. The molecule has 1 aromatic carbocycles. The molecule has 134 valence electrons. The molecule has 1 atom stereocenters. The fourth-order valence-electron chi connectivity index (χ4n) is 2.16. The van der Waals surface area contributed by atoms with E-state index in [2.05, 4.69) is 10.3 Å². The number of nitrogens with zero attached hydrogens (tertiary/aromatic N) is 2. The Morgan fingerprint density at radius 1 is 1.32 bits per heavy atom. The van der Waals surface area contributed by atoms with Gasteiger partial charge in [0.2, 0.25) is 0 Å². The van der Waals surface area contributed by atoms with E-state index >= 15 is 0 Å². The van der Waals surface area contributed by atoms with Crippen molar-refractivity contribution in [3.8, 4) is 5.75 Å². The topological polar surface area (TPSA) is 54.5 Å². The Labute approximate surface area is 157 Å². The van der Waals surface area contributed by atoms with Gasteiger partial charge in [0.15, 0.2) is 0 Å². The van der Waals surface area contributed by atoms with E-state index in [9.17, 15) is 4.79 Å². The summed E-state index contributed by atoms with van der Waals surface area (Å²) in [6, 6.07) is 10.5. The summed E-state index contributed by atoms with van der Waals surface area (Å²) in [4.78, 5) is 18.1. The Morgan fingerprint density at radius 3 is 2.80 bits per heavy atom. The van der Waals surface area contributed by atoms with E-state index in [4.69, 9.17) is 27.9 Å². The van der Waals surface area contributed by atoms with Crippen LogP contribution in [0.4, 0.5) is 4.79 Å². The Kier molecular flexibility index (Phi) is 7.34.